The van der Waals surface area contributed by atoms with Crippen molar-refractivity contribution < 1.29 is 9.59 Å². The van der Waals surface area contributed by atoms with Crippen LogP contribution in [0.15, 0.2) is 4.34 Å². The van der Waals surface area contributed by atoms with Crippen LogP contribution in [0.2, 0.25) is 0 Å². The number of carbonyl (C=O) groups excluding carboxylic acids is 2. The number of nitrogens with zero attached hydrogens (tertiary/aromatic N) is 2. The highest BCUT2D eigenvalue weighted by molar-refractivity contribution is 8.01. The predicted molar refractivity (Wildman–Crippen MR) is 103 cm³/mol. The number of carbonyl (C=O) groups is 2. The topological polar surface area (TPSA) is 110 Å². The Bertz CT molecular complexity index is 786. The molecule has 2 aromatic rings. The van der Waals surface area contributed by atoms with Crippen LogP contribution in [0.1, 0.15) is 40.6 Å². The number of amides is 2. The van der Waals surface area contributed by atoms with E-state index < -0.39 is 5.91 Å². The molecule has 0 fully saturated rings. The number of rotatable bonds is 7. The van der Waals surface area contributed by atoms with Crippen LogP contribution in [0.25, 0.3) is 0 Å². The number of thioether (sulfide) groups is 1. The number of fused-ring (bicyclic) bond motifs is 1. The van der Waals surface area contributed by atoms with E-state index in [1.807, 2.05) is 6.92 Å². The number of aromatic nitrogens is 2. The Morgan fingerprint density at radius 2 is 2.04 bits per heavy atom. The molecule has 0 saturated heterocycles. The number of hydrogen-bond acceptors (Lipinski definition) is 8. The second-order valence-electron chi connectivity index (χ2n) is 5.52. The third-order valence-corrected chi connectivity index (χ3v) is 6.95. The number of nitrogens with one attached hydrogen (secondary N) is 2. The van der Waals surface area contributed by atoms with Crippen molar-refractivity contribution in [3.8, 4) is 0 Å². The van der Waals surface area contributed by atoms with Gasteiger partial charge in [-0.1, -0.05) is 23.1 Å². The van der Waals surface area contributed by atoms with Crippen molar-refractivity contribution in [3.63, 3.8) is 0 Å². The second kappa shape index (κ2) is 8.15. The zero-order chi connectivity index (χ0) is 17.8. The molecule has 2 aromatic heterocycles. The minimum absolute atomic E-state index is 0.175. The molecule has 0 unspecified atom stereocenters. The molecule has 0 saturated carbocycles. The van der Waals surface area contributed by atoms with Gasteiger partial charge in [-0.2, -0.15) is 0 Å². The molecule has 0 bridgehead atoms. The smallest absolute Gasteiger partial charge is 0.251 e. The van der Waals surface area contributed by atoms with Gasteiger partial charge in [-0.05, 0) is 38.2 Å². The van der Waals surface area contributed by atoms with E-state index in [0.717, 1.165) is 47.3 Å². The van der Waals surface area contributed by atoms with Crippen LogP contribution in [-0.4, -0.2) is 34.3 Å². The number of nitrogens with two attached hydrogens (primary N) is 1. The number of primary amides is 1. The van der Waals surface area contributed by atoms with Crippen molar-refractivity contribution >= 4 is 56.4 Å². The van der Waals surface area contributed by atoms with Gasteiger partial charge in [0, 0.05) is 11.4 Å². The summed E-state index contributed by atoms with van der Waals surface area (Å²) >= 11 is 4.21. The largest absolute Gasteiger partial charge is 0.365 e. The number of aryl methyl sites for hydroxylation is 1. The Hall–Kier alpha value is -1.65. The van der Waals surface area contributed by atoms with E-state index in [-0.39, 0.29) is 11.7 Å². The third kappa shape index (κ3) is 4.31. The molecule has 1 aliphatic carbocycles. The lowest BCUT2D eigenvalue weighted by atomic mass is 9.95. The summed E-state index contributed by atoms with van der Waals surface area (Å²) in [6.07, 6.45) is 3.97. The first-order valence-electron chi connectivity index (χ1n) is 8.02. The molecule has 2 heterocycles. The zero-order valence-corrected chi connectivity index (χ0v) is 16.2. The molecule has 0 spiro atoms. The molecule has 0 aliphatic heterocycles. The Morgan fingerprint density at radius 3 is 2.80 bits per heavy atom. The molecule has 0 aromatic carbocycles. The summed E-state index contributed by atoms with van der Waals surface area (Å²) in [5.41, 5.74) is 7.05. The highest BCUT2D eigenvalue weighted by atomic mass is 32.2. The zero-order valence-electron chi connectivity index (χ0n) is 13.8. The summed E-state index contributed by atoms with van der Waals surface area (Å²) in [6.45, 7) is 2.76. The van der Waals surface area contributed by atoms with Crippen molar-refractivity contribution in [1.82, 2.24) is 10.2 Å². The Labute approximate surface area is 157 Å². The van der Waals surface area contributed by atoms with Gasteiger partial charge in [0.2, 0.25) is 11.0 Å². The first kappa shape index (κ1) is 18.2. The fraction of sp³-hybridized carbons (Fsp3) is 0.467. The number of anilines is 2. The molecule has 7 nitrogen and oxygen atoms in total. The Morgan fingerprint density at radius 1 is 1.24 bits per heavy atom. The first-order valence-corrected chi connectivity index (χ1v) is 10.6. The standard InChI is InChI=1S/C15H19N5O2S3/c1-2-17-14-19-20-15(25-14)23-7-10(21)18-13-11(12(16)22)8-5-3-4-6-9(8)24-13/h2-7H2,1H3,(H2,16,22)(H,17,19)(H,18,21). The second-order valence-corrected chi connectivity index (χ2v) is 8.82. The highest BCUT2D eigenvalue weighted by Gasteiger charge is 2.25. The fourth-order valence-electron chi connectivity index (χ4n) is 2.70. The van der Waals surface area contributed by atoms with E-state index in [2.05, 4.69) is 20.8 Å². The van der Waals surface area contributed by atoms with E-state index in [4.69, 9.17) is 5.73 Å². The molecule has 2 amide bonds. The fourth-order valence-corrected chi connectivity index (χ4v) is 5.63. The van der Waals surface area contributed by atoms with Crippen LogP contribution < -0.4 is 16.4 Å². The lowest BCUT2D eigenvalue weighted by Gasteiger charge is -2.11. The Balaban J connectivity index is 1.64. The van der Waals surface area contributed by atoms with Gasteiger partial charge in [0.05, 0.1) is 11.3 Å². The average Bonchev–Trinajstić information content (AvgIpc) is 3.17. The molecular formula is C15H19N5O2S3. The van der Waals surface area contributed by atoms with E-state index >= 15 is 0 Å². The molecular weight excluding hydrogens is 378 g/mol. The summed E-state index contributed by atoms with van der Waals surface area (Å²) < 4.78 is 0.728. The van der Waals surface area contributed by atoms with Crippen molar-refractivity contribution in [2.24, 2.45) is 5.73 Å². The van der Waals surface area contributed by atoms with Gasteiger partial charge in [0.15, 0.2) is 4.34 Å². The summed E-state index contributed by atoms with van der Waals surface area (Å²) in [7, 11) is 0. The van der Waals surface area contributed by atoms with E-state index in [0.29, 0.717) is 10.6 Å². The van der Waals surface area contributed by atoms with E-state index in [1.54, 1.807) is 0 Å². The lowest BCUT2D eigenvalue weighted by Crippen LogP contribution is -2.19. The maximum Gasteiger partial charge on any atom is 0.251 e. The van der Waals surface area contributed by atoms with Gasteiger partial charge in [0.25, 0.3) is 5.91 Å². The van der Waals surface area contributed by atoms with Crippen molar-refractivity contribution in [1.29, 1.82) is 0 Å². The van der Waals surface area contributed by atoms with Gasteiger partial charge in [0.1, 0.15) is 5.00 Å². The van der Waals surface area contributed by atoms with Crippen LogP contribution in [0, 0.1) is 0 Å². The van der Waals surface area contributed by atoms with Gasteiger partial charge in [-0.25, -0.2) is 0 Å². The van der Waals surface area contributed by atoms with Gasteiger partial charge < -0.3 is 16.4 Å². The van der Waals surface area contributed by atoms with Crippen molar-refractivity contribution in [2.75, 3.05) is 22.9 Å². The summed E-state index contributed by atoms with van der Waals surface area (Å²) in [5.74, 6) is -0.435. The van der Waals surface area contributed by atoms with Crippen LogP contribution in [0.3, 0.4) is 0 Å². The maximum atomic E-state index is 12.3. The third-order valence-electron chi connectivity index (χ3n) is 3.73. The molecule has 0 atom stereocenters. The molecule has 25 heavy (non-hydrogen) atoms. The van der Waals surface area contributed by atoms with Crippen LogP contribution in [0.5, 0.6) is 0 Å². The summed E-state index contributed by atoms with van der Waals surface area (Å²) in [5, 5.41) is 15.3. The monoisotopic (exact) mass is 397 g/mol. The lowest BCUT2D eigenvalue weighted by molar-refractivity contribution is -0.113. The van der Waals surface area contributed by atoms with Crippen LogP contribution in [0.4, 0.5) is 10.1 Å². The molecule has 134 valence electrons. The first-order chi connectivity index (χ1) is 12.1. The SMILES string of the molecule is CCNc1nnc(SCC(=O)Nc2sc3c(c2C(N)=O)CCCC3)s1. The van der Waals surface area contributed by atoms with Crippen molar-refractivity contribution in [2.45, 2.75) is 36.9 Å². The van der Waals surface area contributed by atoms with E-state index in [9.17, 15) is 9.59 Å². The quantitative estimate of drug-likeness (QED) is 0.620. The van der Waals surface area contributed by atoms with Crippen LogP contribution >= 0.6 is 34.4 Å². The van der Waals surface area contributed by atoms with Gasteiger partial charge >= 0.3 is 0 Å². The minimum atomic E-state index is -0.471. The average molecular weight is 398 g/mol. The molecule has 3 rings (SSSR count). The highest BCUT2D eigenvalue weighted by Crippen LogP contribution is 2.38. The predicted octanol–water partition coefficient (Wildman–Crippen LogP) is 2.74. The minimum Gasteiger partial charge on any atom is -0.365 e. The summed E-state index contributed by atoms with van der Waals surface area (Å²) in [4.78, 5) is 25.3. The number of thiophene rings is 1. The molecule has 10 heteroatoms. The van der Waals surface area contributed by atoms with Gasteiger partial charge in [-0.15, -0.1) is 21.5 Å². The summed E-state index contributed by atoms with van der Waals surface area (Å²) in [6, 6.07) is 0. The van der Waals surface area contributed by atoms with Crippen molar-refractivity contribution in [3.05, 3.63) is 16.0 Å². The van der Waals surface area contributed by atoms with E-state index in [1.165, 1.54) is 39.3 Å². The maximum absolute atomic E-state index is 12.3. The number of hydrogen-bond donors (Lipinski definition) is 3. The van der Waals surface area contributed by atoms with Gasteiger partial charge in [-0.3, -0.25) is 9.59 Å². The Kier molecular flexibility index (Phi) is 5.92. The molecule has 0 radical (unpaired) electrons. The normalized spacial score (nSPS) is 13.3. The molecule has 4 N–H and O–H groups in total. The molecule has 1 aliphatic rings. The van der Waals surface area contributed by atoms with Crippen LogP contribution in [-0.2, 0) is 17.6 Å².